The predicted molar refractivity (Wildman–Crippen MR) is 268 cm³/mol. The summed E-state index contributed by atoms with van der Waals surface area (Å²) in [6.07, 6.45) is 60.7. The first kappa shape index (κ1) is 60.9. The summed E-state index contributed by atoms with van der Waals surface area (Å²) in [4.78, 5) is 25.1. The molecule has 366 valence electrons. The Labute approximate surface area is 389 Å². The molecule has 0 aromatic carbocycles. The highest BCUT2D eigenvalue weighted by Gasteiger charge is 2.20. The second-order valence-corrected chi connectivity index (χ2v) is 19.6. The van der Waals surface area contributed by atoms with Crippen LogP contribution in [-0.4, -0.2) is 70.7 Å². The van der Waals surface area contributed by atoms with E-state index in [4.69, 9.17) is 18.5 Å². The van der Waals surface area contributed by atoms with Gasteiger partial charge in [-0.1, -0.05) is 209 Å². The van der Waals surface area contributed by atoms with Crippen molar-refractivity contribution in [1.29, 1.82) is 0 Å². The molecule has 2 atom stereocenters. The van der Waals surface area contributed by atoms with E-state index in [1.807, 2.05) is 21.1 Å². The lowest BCUT2D eigenvalue weighted by atomic mass is 10.0. The quantitative estimate of drug-likeness (QED) is 0.0197. The Bertz CT molecular complexity index is 1230. The molecule has 0 saturated heterocycles. The van der Waals surface area contributed by atoms with E-state index in [0.29, 0.717) is 24.1 Å². The Morgan fingerprint density at radius 2 is 0.921 bits per heavy atom. The van der Waals surface area contributed by atoms with Crippen LogP contribution in [0.5, 0.6) is 0 Å². The molecule has 0 saturated carbocycles. The number of hydrogen-bond acceptors (Lipinski definition) is 7. The Morgan fingerprint density at radius 3 is 1.38 bits per heavy atom. The van der Waals surface area contributed by atoms with Crippen LogP contribution in [0.25, 0.3) is 0 Å². The minimum absolute atomic E-state index is 0.0217. The zero-order valence-corrected chi connectivity index (χ0v) is 42.4. The van der Waals surface area contributed by atoms with Crippen LogP contribution >= 0.6 is 7.82 Å². The number of quaternary nitrogens is 1. The lowest BCUT2D eigenvalue weighted by Gasteiger charge is -2.28. The van der Waals surface area contributed by atoms with E-state index in [-0.39, 0.29) is 25.8 Å². The molecular weight excluding hydrogens is 806 g/mol. The number of hydrogen-bond donors (Lipinski definition) is 0. The maximum absolute atomic E-state index is 12.7. The fourth-order valence-electron chi connectivity index (χ4n) is 6.84. The SMILES string of the molecule is CC/C=C\C/C=C\C/C=C\C/C=C\C/C=C\C/C=C\CCCCCCCCCOCC(COP(=O)([O-])OCC[N+](C)(C)C)OC(=O)CCCCCCCCCCCCCCCCC. The number of carbonyl (C=O) groups excluding carboxylic acids is 1. The fourth-order valence-corrected chi connectivity index (χ4v) is 7.57. The van der Waals surface area contributed by atoms with Crippen LogP contribution in [0.3, 0.4) is 0 Å². The first-order valence-corrected chi connectivity index (χ1v) is 27.1. The van der Waals surface area contributed by atoms with Crippen LogP contribution in [0.2, 0.25) is 0 Å². The molecule has 0 bridgehead atoms. The van der Waals surface area contributed by atoms with Crippen molar-refractivity contribution in [2.75, 3.05) is 54.1 Å². The van der Waals surface area contributed by atoms with E-state index in [1.165, 1.54) is 103 Å². The minimum atomic E-state index is -4.53. The standard InChI is InChI=1S/C54H98NO7P/c1-6-8-10-12-14-16-18-20-22-23-24-25-26-27-28-29-30-31-32-34-36-38-40-42-44-46-49-59-51-53(52-61-63(57,58)60-50-48-55(3,4)5)62-54(56)47-45-43-41-39-37-35-33-21-19-17-15-13-11-9-7-2/h8,10,14,16,20,22,24-25,27-28,30-31,53H,6-7,9,11-13,15,17-19,21,23,26,29,32-52H2,1-5H3/b10-8-,16-14-,22-20-,25-24-,28-27-,31-30-. The lowest BCUT2D eigenvalue weighted by Crippen LogP contribution is -2.37. The molecule has 0 radical (unpaired) electrons. The van der Waals surface area contributed by atoms with Crippen molar-refractivity contribution in [3.05, 3.63) is 72.9 Å². The van der Waals surface area contributed by atoms with Gasteiger partial charge >= 0.3 is 5.97 Å². The molecule has 2 unspecified atom stereocenters. The molecule has 8 nitrogen and oxygen atoms in total. The topological polar surface area (TPSA) is 94.1 Å². The molecule has 0 fully saturated rings. The van der Waals surface area contributed by atoms with Crippen molar-refractivity contribution in [2.24, 2.45) is 0 Å². The molecule has 0 spiro atoms. The van der Waals surface area contributed by atoms with Crippen molar-refractivity contribution in [1.82, 2.24) is 0 Å². The summed E-state index contributed by atoms with van der Waals surface area (Å²) in [6, 6.07) is 0. The zero-order valence-electron chi connectivity index (χ0n) is 41.5. The highest BCUT2D eigenvalue weighted by molar-refractivity contribution is 7.45. The van der Waals surface area contributed by atoms with Crippen molar-refractivity contribution in [3.8, 4) is 0 Å². The van der Waals surface area contributed by atoms with Crippen LogP contribution in [0.1, 0.15) is 206 Å². The highest BCUT2D eigenvalue weighted by Crippen LogP contribution is 2.38. The maximum Gasteiger partial charge on any atom is 0.306 e. The van der Waals surface area contributed by atoms with Gasteiger partial charge in [-0.2, -0.15) is 0 Å². The summed E-state index contributed by atoms with van der Waals surface area (Å²) in [7, 11) is 1.34. The Morgan fingerprint density at radius 1 is 0.508 bits per heavy atom. The molecule has 0 aliphatic heterocycles. The largest absolute Gasteiger partial charge is 0.756 e. The van der Waals surface area contributed by atoms with Gasteiger partial charge in [0.25, 0.3) is 7.82 Å². The van der Waals surface area contributed by atoms with E-state index >= 15 is 0 Å². The molecule has 0 N–H and O–H groups in total. The van der Waals surface area contributed by atoms with Gasteiger partial charge in [-0.25, -0.2) is 0 Å². The van der Waals surface area contributed by atoms with Gasteiger partial charge in [-0.3, -0.25) is 9.36 Å². The summed E-state index contributed by atoms with van der Waals surface area (Å²) in [6.45, 7) is 5.28. The Kier molecular flexibility index (Phi) is 44.9. The van der Waals surface area contributed by atoms with Crippen LogP contribution in [0.15, 0.2) is 72.9 Å². The zero-order chi connectivity index (χ0) is 46.2. The number of ether oxygens (including phenoxy) is 2. The minimum Gasteiger partial charge on any atom is -0.756 e. The molecule has 0 heterocycles. The fraction of sp³-hybridized carbons (Fsp3) is 0.759. The molecule has 0 aliphatic carbocycles. The number of rotatable bonds is 47. The van der Waals surface area contributed by atoms with Gasteiger partial charge in [-0.05, 0) is 64.2 Å². The van der Waals surface area contributed by atoms with Crippen LogP contribution in [-0.2, 0) is 27.9 Å². The van der Waals surface area contributed by atoms with Gasteiger partial charge in [0.1, 0.15) is 19.3 Å². The molecule has 0 aromatic rings. The number of allylic oxidation sites excluding steroid dienone is 12. The molecule has 9 heteroatoms. The first-order valence-electron chi connectivity index (χ1n) is 25.7. The van der Waals surface area contributed by atoms with Crippen molar-refractivity contribution in [3.63, 3.8) is 0 Å². The monoisotopic (exact) mass is 904 g/mol. The summed E-state index contributed by atoms with van der Waals surface area (Å²) in [5.74, 6) is -0.339. The number of phosphoric acid groups is 1. The second-order valence-electron chi connectivity index (χ2n) is 18.2. The normalized spacial score (nSPS) is 14.2. The molecule has 63 heavy (non-hydrogen) atoms. The van der Waals surface area contributed by atoms with E-state index in [1.54, 1.807) is 0 Å². The van der Waals surface area contributed by atoms with E-state index in [9.17, 15) is 14.3 Å². The lowest BCUT2D eigenvalue weighted by molar-refractivity contribution is -0.870. The van der Waals surface area contributed by atoms with E-state index in [0.717, 1.165) is 83.5 Å². The summed E-state index contributed by atoms with van der Waals surface area (Å²) >= 11 is 0. The Balaban J connectivity index is 4.15. The summed E-state index contributed by atoms with van der Waals surface area (Å²) < 4.78 is 34.7. The number of phosphoric ester groups is 1. The predicted octanol–water partition coefficient (Wildman–Crippen LogP) is 15.2. The Hall–Kier alpha value is -2.06. The number of nitrogens with zero attached hydrogens (tertiary/aromatic N) is 1. The molecule has 0 rings (SSSR count). The van der Waals surface area contributed by atoms with Crippen molar-refractivity contribution >= 4 is 13.8 Å². The number of likely N-dealkylation sites (N-methyl/N-ethyl adjacent to an activating group) is 1. The highest BCUT2D eigenvalue weighted by atomic mass is 31.2. The van der Waals surface area contributed by atoms with Gasteiger partial charge in [0.2, 0.25) is 0 Å². The van der Waals surface area contributed by atoms with Crippen LogP contribution in [0.4, 0.5) is 0 Å². The average molecular weight is 904 g/mol. The summed E-state index contributed by atoms with van der Waals surface area (Å²) in [5.41, 5.74) is 0. The van der Waals surface area contributed by atoms with Gasteiger partial charge in [0.05, 0.1) is 34.4 Å². The first-order chi connectivity index (χ1) is 30.6. The van der Waals surface area contributed by atoms with E-state index in [2.05, 4.69) is 86.8 Å². The molecule has 0 aliphatic rings. The summed E-state index contributed by atoms with van der Waals surface area (Å²) in [5, 5.41) is 0. The molecular formula is C54H98NO7P. The third-order valence-corrected chi connectivity index (χ3v) is 11.7. The molecule has 0 amide bonds. The van der Waals surface area contributed by atoms with Crippen LogP contribution < -0.4 is 4.89 Å². The molecule has 0 aromatic heterocycles. The van der Waals surface area contributed by atoms with Gasteiger partial charge in [0, 0.05) is 13.0 Å². The van der Waals surface area contributed by atoms with Gasteiger partial charge in [0.15, 0.2) is 0 Å². The smallest absolute Gasteiger partial charge is 0.306 e. The van der Waals surface area contributed by atoms with Crippen molar-refractivity contribution < 1.29 is 37.3 Å². The van der Waals surface area contributed by atoms with Crippen LogP contribution in [0, 0.1) is 0 Å². The third kappa shape index (κ3) is 50.8. The third-order valence-electron chi connectivity index (χ3n) is 10.8. The number of carbonyl (C=O) groups is 1. The number of unbranched alkanes of at least 4 members (excludes halogenated alkanes) is 21. The number of esters is 1. The van der Waals surface area contributed by atoms with E-state index < -0.39 is 13.9 Å². The second kappa shape index (κ2) is 46.5. The van der Waals surface area contributed by atoms with Gasteiger partial charge in [-0.15, -0.1) is 0 Å². The maximum atomic E-state index is 12.7. The van der Waals surface area contributed by atoms with Crippen molar-refractivity contribution in [2.45, 2.75) is 213 Å². The van der Waals surface area contributed by atoms with Gasteiger partial charge < -0.3 is 27.9 Å². The average Bonchev–Trinajstić information content (AvgIpc) is 3.24.